The number of rotatable bonds is 41. The Morgan fingerprint density at radius 2 is 0.812 bits per heavy atom. The number of esters is 2. The van der Waals surface area contributed by atoms with Crippen LogP contribution in [0, 0.1) is 0 Å². The highest BCUT2D eigenvalue weighted by atomic mass is 16.5. The van der Waals surface area contributed by atoms with Crippen LogP contribution < -0.4 is 26.6 Å². The van der Waals surface area contributed by atoms with Crippen molar-refractivity contribution >= 4 is 11.9 Å². The lowest BCUT2D eigenvalue weighted by molar-refractivity contribution is -0.145. The molecule has 0 aromatic heterocycles. The van der Waals surface area contributed by atoms with E-state index in [4.69, 9.17) is 14.2 Å². The van der Waals surface area contributed by atoms with Gasteiger partial charge in [-0.15, -0.1) is 0 Å². The second kappa shape index (κ2) is 41.9. The number of unbranched alkanes of at least 4 members (excludes halogenated alkanes) is 17. The second-order valence-corrected chi connectivity index (χ2v) is 13.1. The summed E-state index contributed by atoms with van der Waals surface area (Å²) in [4.78, 5) is 23.8. The number of ether oxygens (including phenoxy) is 3. The monoisotopic (exact) mass is 686 g/mol. The Bertz CT molecular complexity index is 659. The van der Waals surface area contributed by atoms with E-state index in [2.05, 4.69) is 33.5 Å². The molecule has 0 unspecified atom stereocenters. The predicted octanol–water partition coefficient (Wildman–Crippen LogP) is 6.57. The van der Waals surface area contributed by atoms with Crippen LogP contribution in [0.25, 0.3) is 0 Å². The number of carbonyl (C=O) groups is 2. The Balaban J connectivity index is 3.21. The van der Waals surface area contributed by atoms with Gasteiger partial charge in [0.05, 0.1) is 26.4 Å². The Kier molecular flexibility index (Phi) is 40.7. The van der Waals surface area contributed by atoms with Crippen LogP contribution in [0.4, 0.5) is 0 Å². The van der Waals surface area contributed by atoms with Gasteiger partial charge in [-0.25, -0.2) is 0 Å². The molecule has 0 heterocycles. The molecule has 0 aliphatic rings. The van der Waals surface area contributed by atoms with Crippen molar-refractivity contribution in [3.8, 4) is 0 Å². The molecule has 286 valence electrons. The number of hydrogen-bond donors (Lipinski definition) is 5. The molecule has 0 saturated heterocycles. The molecule has 0 aliphatic carbocycles. The lowest BCUT2D eigenvalue weighted by Gasteiger charge is -2.08. The first-order valence-electron chi connectivity index (χ1n) is 20.1. The van der Waals surface area contributed by atoms with Gasteiger partial charge >= 0.3 is 11.9 Å². The number of hydrogen-bond acceptors (Lipinski definition) is 10. The minimum absolute atomic E-state index is 0.0880. The molecule has 0 spiro atoms. The summed E-state index contributed by atoms with van der Waals surface area (Å²) < 4.78 is 16.3. The Labute approximate surface area is 296 Å². The predicted molar refractivity (Wildman–Crippen MR) is 200 cm³/mol. The molecule has 5 N–H and O–H groups in total. The van der Waals surface area contributed by atoms with E-state index in [1.165, 1.54) is 89.9 Å². The lowest BCUT2D eigenvalue weighted by Crippen LogP contribution is -2.33. The van der Waals surface area contributed by atoms with Crippen LogP contribution in [-0.4, -0.2) is 91.5 Å². The molecule has 0 atom stereocenters. The van der Waals surface area contributed by atoms with Crippen LogP contribution in [0.2, 0.25) is 0 Å². The van der Waals surface area contributed by atoms with Crippen molar-refractivity contribution in [2.24, 2.45) is 0 Å². The topological polar surface area (TPSA) is 122 Å². The average Bonchev–Trinajstić information content (AvgIpc) is 3.09. The number of carbonyl (C=O) groups excluding carboxylic acids is 2. The summed E-state index contributed by atoms with van der Waals surface area (Å²) in [6.07, 6.45) is 25.5. The van der Waals surface area contributed by atoms with Crippen molar-refractivity contribution in [2.45, 2.75) is 155 Å². The van der Waals surface area contributed by atoms with E-state index in [-0.39, 0.29) is 11.9 Å². The lowest BCUT2D eigenvalue weighted by atomic mass is 10.1. The van der Waals surface area contributed by atoms with Crippen LogP contribution in [-0.2, 0) is 23.8 Å². The summed E-state index contributed by atoms with van der Waals surface area (Å²) in [6, 6.07) is 0. The minimum Gasteiger partial charge on any atom is -0.466 e. The summed E-state index contributed by atoms with van der Waals surface area (Å²) in [7, 11) is 1.92. The van der Waals surface area contributed by atoms with E-state index in [9.17, 15) is 9.59 Å². The van der Waals surface area contributed by atoms with Crippen molar-refractivity contribution in [3.63, 3.8) is 0 Å². The van der Waals surface area contributed by atoms with Gasteiger partial charge in [0, 0.05) is 39.3 Å². The highest BCUT2D eigenvalue weighted by Gasteiger charge is 2.05. The minimum atomic E-state index is -0.0934. The molecule has 10 heteroatoms. The van der Waals surface area contributed by atoms with Gasteiger partial charge in [0.15, 0.2) is 0 Å². The van der Waals surface area contributed by atoms with E-state index in [1.54, 1.807) is 0 Å². The van der Waals surface area contributed by atoms with Gasteiger partial charge in [0.25, 0.3) is 0 Å². The van der Waals surface area contributed by atoms with E-state index < -0.39 is 0 Å². The fraction of sp³-hybridized carbons (Fsp3) is 0.947. The number of nitrogens with one attached hydrogen (secondary N) is 5. The largest absolute Gasteiger partial charge is 0.466 e. The molecule has 0 aromatic rings. The zero-order chi connectivity index (χ0) is 34.9. The highest BCUT2D eigenvalue weighted by Crippen LogP contribution is 2.10. The summed E-state index contributed by atoms with van der Waals surface area (Å²) >= 11 is 0. The van der Waals surface area contributed by atoms with Crippen molar-refractivity contribution in [1.29, 1.82) is 0 Å². The SMILES string of the molecule is CCCCCCCCCCCOC(=O)CCCCCOC(=O)CCCCCCCNCCCCCCNCNCCOCCNCNC. The van der Waals surface area contributed by atoms with Gasteiger partial charge in [-0.05, 0) is 78.0 Å². The maximum absolute atomic E-state index is 12.0. The van der Waals surface area contributed by atoms with Crippen molar-refractivity contribution in [3.05, 3.63) is 0 Å². The molecule has 0 amide bonds. The maximum atomic E-state index is 12.0. The Morgan fingerprint density at radius 1 is 0.417 bits per heavy atom. The first-order valence-corrected chi connectivity index (χ1v) is 20.1. The molecule has 0 radical (unpaired) electrons. The van der Waals surface area contributed by atoms with Crippen LogP contribution in [0.15, 0.2) is 0 Å². The van der Waals surface area contributed by atoms with E-state index >= 15 is 0 Å². The fourth-order valence-corrected chi connectivity index (χ4v) is 5.37. The molecule has 0 bridgehead atoms. The molecular formula is C38H79N5O5. The zero-order valence-corrected chi connectivity index (χ0v) is 31.6. The maximum Gasteiger partial charge on any atom is 0.305 e. The molecule has 0 fully saturated rings. The van der Waals surface area contributed by atoms with Gasteiger partial charge in [-0.2, -0.15) is 0 Å². The fourth-order valence-electron chi connectivity index (χ4n) is 5.37. The third-order valence-corrected chi connectivity index (χ3v) is 8.39. The van der Waals surface area contributed by atoms with E-state index in [0.717, 1.165) is 104 Å². The Morgan fingerprint density at radius 3 is 1.33 bits per heavy atom. The smallest absolute Gasteiger partial charge is 0.305 e. The van der Waals surface area contributed by atoms with Crippen molar-refractivity contribution in [2.75, 3.05) is 79.5 Å². The van der Waals surface area contributed by atoms with Gasteiger partial charge < -0.3 is 40.8 Å². The van der Waals surface area contributed by atoms with Gasteiger partial charge in [0.1, 0.15) is 0 Å². The standard InChI is InChI=1S/C38H79N5O5/c1-3-4-5-6-7-8-9-15-22-31-47-38(45)25-18-16-23-32-48-37(44)24-17-11-10-12-19-26-40-27-20-13-14-21-28-41-36-43-30-34-46-33-29-42-35-39-2/h39-43H,3-36H2,1-2H3. The third kappa shape index (κ3) is 40.9. The van der Waals surface area contributed by atoms with Gasteiger partial charge in [-0.3, -0.25) is 9.59 Å². The van der Waals surface area contributed by atoms with Crippen LogP contribution in [0.3, 0.4) is 0 Å². The van der Waals surface area contributed by atoms with Crippen molar-refractivity contribution < 1.29 is 23.8 Å². The van der Waals surface area contributed by atoms with Gasteiger partial charge in [-0.1, -0.05) is 90.4 Å². The highest BCUT2D eigenvalue weighted by molar-refractivity contribution is 5.69. The third-order valence-electron chi connectivity index (χ3n) is 8.39. The van der Waals surface area contributed by atoms with Crippen LogP contribution >= 0.6 is 0 Å². The van der Waals surface area contributed by atoms with E-state index in [0.29, 0.717) is 26.1 Å². The summed E-state index contributed by atoms with van der Waals surface area (Å²) in [5.41, 5.74) is 0. The van der Waals surface area contributed by atoms with Crippen LogP contribution in [0.1, 0.15) is 155 Å². The molecule has 0 aromatic carbocycles. The molecule has 0 aliphatic heterocycles. The first kappa shape index (κ1) is 46.7. The second-order valence-electron chi connectivity index (χ2n) is 13.1. The quantitative estimate of drug-likeness (QED) is 0.0274. The van der Waals surface area contributed by atoms with Crippen molar-refractivity contribution in [1.82, 2.24) is 26.6 Å². The first-order chi connectivity index (χ1) is 23.7. The molecule has 0 rings (SSSR count). The Hall–Kier alpha value is -1.30. The van der Waals surface area contributed by atoms with Gasteiger partial charge in [0.2, 0.25) is 0 Å². The molecule has 48 heavy (non-hydrogen) atoms. The van der Waals surface area contributed by atoms with E-state index in [1.807, 2.05) is 7.05 Å². The summed E-state index contributed by atoms with van der Waals surface area (Å²) in [6.45, 7) is 11.4. The molecule has 10 nitrogen and oxygen atoms in total. The summed E-state index contributed by atoms with van der Waals surface area (Å²) in [5.74, 6) is -0.181. The van der Waals surface area contributed by atoms with Crippen LogP contribution in [0.5, 0.6) is 0 Å². The summed E-state index contributed by atoms with van der Waals surface area (Å²) in [5, 5.41) is 16.6. The molecular weight excluding hydrogens is 606 g/mol. The normalized spacial score (nSPS) is 11.3. The average molecular weight is 686 g/mol. The zero-order valence-electron chi connectivity index (χ0n) is 31.6. The molecule has 0 saturated carbocycles.